The number of ether oxygens (including phenoxy) is 1. The maximum absolute atomic E-state index is 5.64. The molecule has 0 aliphatic rings. The molecule has 0 amide bonds. The number of halogens is 1. The first-order valence-electron chi connectivity index (χ1n) is 3.11. The monoisotopic (exact) mass is 243 g/mol. The Labute approximate surface area is 70.3 Å². The Balaban J connectivity index is 2.95. The van der Waals surface area contributed by atoms with E-state index in [2.05, 4.69) is 22.6 Å². The lowest BCUT2D eigenvalue weighted by molar-refractivity contribution is 0.177. The molecule has 1 atom stereocenters. The minimum Gasteiger partial charge on any atom is -0.383 e. The average Bonchev–Trinajstić information content (AvgIpc) is 1.85. The second kappa shape index (κ2) is 6.77. The van der Waals surface area contributed by atoms with Gasteiger partial charge in [-0.25, -0.2) is 0 Å². The van der Waals surface area contributed by atoms with E-state index >= 15 is 0 Å². The van der Waals surface area contributed by atoms with Crippen molar-refractivity contribution in [2.45, 2.75) is 18.9 Å². The van der Waals surface area contributed by atoms with Crippen LogP contribution in [0.4, 0.5) is 0 Å². The van der Waals surface area contributed by atoms with Gasteiger partial charge in [-0.3, -0.25) is 0 Å². The molecule has 0 saturated heterocycles. The molecule has 0 saturated carbocycles. The SMILES string of the molecule is COC[C@H](N)CCCI. The van der Waals surface area contributed by atoms with Crippen LogP contribution in [0, 0.1) is 0 Å². The van der Waals surface area contributed by atoms with Crippen LogP contribution >= 0.6 is 22.6 Å². The summed E-state index contributed by atoms with van der Waals surface area (Å²) in [6, 6.07) is 0.241. The van der Waals surface area contributed by atoms with E-state index in [-0.39, 0.29) is 6.04 Å². The molecule has 0 heterocycles. The van der Waals surface area contributed by atoms with Crippen LogP contribution in [0.2, 0.25) is 0 Å². The van der Waals surface area contributed by atoms with Crippen LogP contribution in [0.15, 0.2) is 0 Å². The van der Waals surface area contributed by atoms with Gasteiger partial charge in [-0.05, 0) is 17.3 Å². The fourth-order valence-electron chi connectivity index (χ4n) is 0.637. The Morgan fingerprint density at radius 1 is 1.67 bits per heavy atom. The van der Waals surface area contributed by atoms with Gasteiger partial charge in [-0.15, -0.1) is 0 Å². The molecule has 0 spiro atoms. The fourth-order valence-corrected chi connectivity index (χ4v) is 1.08. The fraction of sp³-hybridized carbons (Fsp3) is 1.00. The molecular formula is C6H14INO. The molecule has 0 aromatic heterocycles. The van der Waals surface area contributed by atoms with Gasteiger partial charge in [0.2, 0.25) is 0 Å². The molecule has 0 rings (SSSR count). The van der Waals surface area contributed by atoms with Crippen molar-refractivity contribution in [3.63, 3.8) is 0 Å². The van der Waals surface area contributed by atoms with Crippen LogP contribution in [0.5, 0.6) is 0 Å². The molecular weight excluding hydrogens is 229 g/mol. The van der Waals surface area contributed by atoms with E-state index in [0.29, 0.717) is 6.61 Å². The van der Waals surface area contributed by atoms with E-state index in [1.807, 2.05) is 0 Å². The number of methoxy groups -OCH3 is 1. The third-order valence-electron chi connectivity index (χ3n) is 1.09. The summed E-state index contributed by atoms with van der Waals surface area (Å²) in [5.41, 5.74) is 5.64. The lowest BCUT2D eigenvalue weighted by Crippen LogP contribution is -2.25. The zero-order chi connectivity index (χ0) is 7.11. The summed E-state index contributed by atoms with van der Waals surface area (Å²) in [5.74, 6) is 0. The second-order valence-corrected chi connectivity index (χ2v) is 3.13. The van der Waals surface area contributed by atoms with Gasteiger partial charge in [-0.2, -0.15) is 0 Å². The van der Waals surface area contributed by atoms with Gasteiger partial charge in [0.15, 0.2) is 0 Å². The highest BCUT2D eigenvalue weighted by Crippen LogP contribution is 1.97. The molecule has 0 aromatic rings. The summed E-state index contributed by atoms with van der Waals surface area (Å²) >= 11 is 2.35. The molecule has 2 nitrogen and oxygen atoms in total. The van der Waals surface area contributed by atoms with Gasteiger partial charge in [0.05, 0.1) is 6.61 Å². The summed E-state index contributed by atoms with van der Waals surface area (Å²) in [7, 11) is 1.68. The van der Waals surface area contributed by atoms with Crippen molar-refractivity contribution >= 4 is 22.6 Å². The summed E-state index contributed by atoms with van der Waals surface area (Å²) in [6.07, 6.45) is 2.28. The number of hydrogen-bond acceptors (Lipinski definition) is 2. The molecule has 0 bridgehead atoms. The van der Waals surface area contributed by atoms with E-state index in [4.69, 9.17) is 10.5 Å². The predicted octanol–water partition coefficient (Wildman–Crippen LogP) is 1.18. The predicted molar refractivity (Wildman–Crippen MR) is 48.0 cm³/mol. The Morgan fingerprint density at radius 3 is 2.78 bits per heavy atom. The highest BCUT2D eigenvalue weighted by atomic mass is 127. The van der Waals surface area contributed by atoms with E-state index in [0.717, 1.165) is 6.42 Å². The molecule has 9 heavy (non-hydrogen) atoms. The van der Waals surface area contributed by atoms with Crippen LogP contribution in [-0.4, -0.2) is 24.2 Å². The third kappa shape index (κ3) is 6.54. The van der Waals surface area contributed by atoms with Crippen molar-refractivity contribution in [1.29, 1.82) is 0 Å². The second-order valence-electron chi connectivity index (χ2n) is 2.05. The van der Waals surface area contributed by atoms with E-state index in [9.17, 15) is 0 Å². The normalized spacial score (nSPS) is 13.7. The van der Waals surface area contributed by atoms with Crippen molar-refractivity contribution in [3.8, 4) is 0 Å². The molecule has 3 heteroatoms. The summed E-state index contributed by atoms with van der Waals surface area (Å²) in [4.78, 5) is 0. The highest BCUT2D eigenvalue weighted by Gasteiger charge is 1.98. The number of rotatable bonds is 5. The van der Waals surface area contributed by atoms with Crippen LogP contribution in [0.3, 0.4) is 0 Å². The standard InChI is InChI=1S/C6H14INO/c1-9-5-6(8)3-2-4-7/h6H,2-5,8H2,1H3/t6-/m1/s1. The van der Waals surface area contributed by atoms with Crippen LogP contribution in [-0.2, 0) is 4.74 Å². The van der Waals surface area contributed by atoms with E-state index < -0.39 is 0 Å². The van der Waals surface area contributed by atoms with Gasteiger partial charge in [0, 0.05) is 13.2 Å². The first-order chi connectivity index (χ1) is 4.31. The van der Waals surface area contributed by atoms with Gasteiger partial charge in [0.25, 0.3) is 0 Å². The first kappa shape index (κ1) is 9.65. The highest BCUT2D eigenvalue weighted by molar-refractivity contribution is 14.1. The molecule has 56 valence electrons. The Bertz CT molecular complexity index is 61.0. The van der Waals surface area contributed by atoms with Crippen molar-refractivity contribution in [1.82, 2.24) is 0 Å². The number of nitrogens with two attached hydrogens (primary N) is 1. The summed E-state index contributed by atoms with van der Waals surface area (Å²) in [6.45, 7) is 0.691. The zero-order valence-corrected chi connectivity index (χ0v) is 7.93. The maximum Gasteiger partial charge on any atom is 0.0613 e. The van der Waals surface area contributed by atoms with Gasteiger partial charge >= 0.3 is 0 Å². The van der Waals surface area contributed by atoms with Crippen molar-refractivity contribution in [2.24, 2.45) is 5.73 Å². The van der Waals surface area contributed by atoms with Crippen molar-refractivity contribution in [2.75, 3.05) is 18.1 Å². The summed E-state index contributed by atoms with van der Waals surface area (Å²) in [5, 5.41) is 0. The van der Waals surface area contributed by atoms with Crippen LogP contribution < -0.4 is 5.73 Å². The van der Waals surface area contributed by atoms with E-state index in [1.54, 1.807) is 7.11 Å². The Hall–Kier alpha value is 0.650. The van der Waals surface area contributed by atoms with Gasteiger partial charge in [-0.1, -0.05) is 22.6 Å². The largest absolute Gasteiger partial charge is 0.383 e. The minimum absolute atomic E-state index is 0.241. The first-order valence-corrected chi connectivity index (χ1v) is 4.64. The van der Waals surface area contributed by atoms with Crippen LogP contribution in [0.25, 0.3) is 0 Å². The molecule has 0 radical (unpaired) electrons. The topological polar surface area (TPSA) is 35.2 Å². The molecule has 0 aliphatic carbocycles. The maximum atomic E-state index is 5.64. The van der Waals surface area contributed by atoms with Crippen LogP contribution in [0.1, 0.15) is 12.8 Å². The Morgan fingerprint density at radius 2 is 2.33 bits per heavy atom. The molecule has 0 unspecified atom stereocenters. The molecule has 2 N–H and O–H groups in total. The van der Waals surface area contributed by atoms with Crippen molar-refractivity contribution < 1.29 is 4.74 Å². The van der Waals surface area contributed by atoms with Gasteiger partial charge in [0.1, 0.15) is 0 Å². The third-order valence-corrected chi connectivity index (χ3v) is 1.85. The zero-order valence-electron chi connectivity index (χ0n) is 5.77. The Kier molecular flexibility index (Phi) is 7.25. The molecule has 0 aliphatic heterocycles. The smallest absolute Gasteiger partial charge is 0.0613 e. The lowest BCUT2D eigenvalue weighted by atomic mass is 10.2. The molecule has 0 fully saturated rings. The molecule has 0 aromatic carbocycles. The van der Waals surface area contributed by atoms with Gasteiger partial charge < -0.3 is 10.5 Å². The number of hydrogen-bond donors (Lipinski definition) is 1. The average molecular weight is 243 g/mol. The summed E-state index contributed by atoms with van der Waals surface area (Å²) < 4.78 is 6.06. The lowest BCUT2D eigenvalue weighted by Gasteiger charge is -2.07. The van der Waals surface area contributed by atoms with Crippen molar-refractivity contribution in [3.05, 3.63) is 0 Å². The minimum atomic E-state index is 0.241. The van der Waals surface area contributed by atoms with E-state index in [1.165, 1.54) is 10.8 Å². The quantitative estimate of drug-likeness (QED) is 0.581. The number of alkyl halides is 1.